The van der Waals surface area contributed by atoms with Gasteiger partial charge in [-0.25, -0.2) is 8.42 Å². The molecule has 0 amide bonds. The van der Waals surface area contributed by atoms with Crippen molar-refractivity contribution in [3.63, 3.8) is 0 Å². The largest absolute Gasteiger partial charge is 0.296 e. The molecule has 1 aromatic carbocycles. The second-order valence-corrected chi connectivity index (χ2v) is 8.30. The minimum absolute atomic E-state index is 0.256. The van der Waals surface area contributed by atoms with Gasteiger partial charge in [-0.3, -0.25) is 14.9 Å². The molecule has 1 saturated heterocycles. The smallest absolute Gasteiger partial charge is 0.244 e. The van der Waals surface area contributed by atoms with E-state index < -0.39 is 10.0 Å². The highest BCUT2D eigenvalue weighted by atomic mass is 32.2. The van der Waals surface area contributed by atoms with Crippen LogP contribution in [0, 0.1) is 0 Å². The molecule has 0 spiro atoms. The van der Waals surface area contributed by atoms with E-state index in [1.807, 2.05) is 18.3 Å². The molecule has 134 valence electrons. The van der Waals surface area contributed by atoms with E-state index in [1.54, 1.807) is 22.6 Å². The van der Waals surface area contributed by atoms with Gasteiger partial charge >= 0.3 is 0 Å². The zero-order chi connectivity index (χ0) is 18.0. The summed E-state index contributed by atoms with van der Waals surface area (Å²) in [5.74, 6) is 0. The van der Waals surface area contributed by atoms with E-state index in [1.165, 1.54) is 11.8 Å². The van der Waals surface area contributed by atoms with Crippen molar-refractivity contribution in [2.45, 2.75) is 11.4 Å². The molecule has 3 heterocycles. The number of nitrogens with zero attached hydrogens (tertiary/aromatic N) is 4. The normalized spacial score (nSPS) is 16.8. The molecule has 1 fully saturated rings. The first-order valence-electron chi connectivity index (χ1n) is 8.60. The van der Waals surface area contributed by atoms with Crippen molar-refractivity contribution >= 4 is 20.9 Å². The van der Waals surface area contributed by atoms with Crippen LogP contribution in [-0.4, -0.2) is 53.8 Å². The average Bonchev–Trinajstić information content (AvgIpc) is 2.69. The summed E-state index contributed by atoms with van der Waals surface area (Å²) in [6, 6.07) is 13.4. The minimum atomic E-state index is -3.46. The molecule has 2 aromatic heterocycles. The van der Waals surface area contributed by atoms with Gasteiger partial charge in [0, 0.05) is 56.7 Å². The lowest BCUT2D eigenvalue weighted by atomic mass is 10.1. The van der Waals surface area contributed by atoms with Gasteiger partial charge in [-0.05, 0) is 23.8 Å². The Morgan fingerprint density at radius 3 is 2.46 bits per heavy atom. The Bertz CT molecular complexity index is 995. The third kappa shape index (κ3) is 3.33. The monoisotopic (exact) mass is 368 g/mol. The Morgan fingerprint density at radius 1 is 0.923 bits per heavy atom. The third-order valence-electron chi connectivity index (χ3n) is 4.71. The maximum atomic E-state index is 12.7. The average molecular weight is 368 g/mol. The number of fused-ring (bicyclic) bond motifs is 1. The fourth-order valence-corrected chi connectivity index (χ4v) is 4.70. The second kappa shape index (κ2) is 7.11. The molecule has 7 heteroatoms. The lowest BCUT2D eigenvalue weighted by Gasteiger charge is -2.34. The molecular weight excluding hydrogens is 348 g/mol. The fraction of sp³-hybridized carbons (Fsp3) is 0.263. The van der Waals surface area contributed by atoms with E-state index in [2.05, 4.69) is 33.1 Å². The van der Waals surface area contributed by atoms with Gasteiger partial charge in [-0.2, -0.15) is 4.31 Å². The summed E-state index contributed by atoms with van der Waals surface area (Å²) < 4.78 is 26.9. The van der Waals surface area contributed by atoms with Crippen LogP contribution in [0.4, 0.5) is 0 Å². The molecule has 0 bridgehead atoms. The summed E-state index contributed by atoms with van der Waals surface area (Å²) in [5.41, 5.74) is 2.19. The summed E-state index contributed by atoms with van der Waals surface area (Å²) in [6.45, 7) is 3.13. The van der Waals surface area contributed by atoms with Crippen molar-refractivity contribution in [2.75, 3.05) is 26.2 Å². The van der Waals surface area contributed by atoms with Crippen LogP contribution in [0.5, 0.6) is 0 Å². The number of aromatic nitrogens is 2. The van der Waals surface area contributed by atoms with Crippen molar-refractivity contribution in [1.82, 2.24) is 19.2 Å². The molecule has 0 aliphatic carbocycles. The molecule has 3 aromatic rings. The van der Waals surface area contributed by atoms with E-state index >= 15 is 0 Å². The first-order chi connectivity index (χ1) is 12.6. The van der Waals surface area contributed by atoms with Gasteiger partial charge in [0.2, 0.25) is 10.0 Å². The number of para-hydroxylation sites is 1. The predicted octanol–water partition coefficient (Wildman–Crippen LogP) is 2.14. The van der Waals surface area contributed by atoms with Crippen LogP contribution in [0.1, 0.15) is 5.56 Å². The predicted molar refractivity (Wildman–Crippen MR) is 100 cm³/mol. The number of benzene rings is 1. The quantitative estimate of drug-likeness (QED) is 0.706. The third-order valence-corrected chi connectivity index (χ3v) is 6.60. The Labute approximate surface area is 153 Å². The van der Waals surface area contributed by atoms with Crippen LogP contribution in [0.15, 0.2) is 66.0 Å². The molecule has 1 aliphatic rings. The number of sulfonamides is 1. The Balaban J connectivity index is 1.46. The van der Waals surface area contributed by atoms with Crippen molar-refractivity contribution < 1.29 is 8.42 Å². The van der Waals surface area contributed by atoms with Crippen LogP contribution >= 0.6 is 0 Å². The lowest BCUT2D eigenvalue weighted by Crippen LogP contribution is -2.48. The highest BCUT2D eigenvalue weighted by Crippen LogP contribution is 2.20. The van der Waals surface area contributed by atoms with Crippen molar-refractivity contribution in [3.05, 3.63) is 66.6 Å². The van der Waals surface area contributed by atoms with Crippen molar-refractivity contribution in [2.24, 2.45) is 0 Å². The number of hydrogen-bond donors (Lipinski definition) is 0. The fourth-order valence-electron chi connectivity index (χ4n) is 3.31. The van der Waals surface area contributed by atoms with Crippen LogP contribution in [0.2, 0.25) is 0 Å². The molecule has 1 aliphatic heterocycles. The number of piperazine rings is 1. The molecule has 0 unspecified atom stereocenters. The van der Waals surface area contributed by atoms with E-state index in [0.29, 0.717) is 26.2 Å². The van der Waals surface area contributed by atoms with Gasteiger partial charge in [-0.1, -0.05) is 24.3 Å². The van der Waals surface area contributed by atoms with Gasteiger partial charge in [0.25, 0.3) is 0 Å². The highest BCUT2D eigenvalue weighted by Gasteiger charge is 2.28. The van der Waals surface area contributed by atoms with Gasteiger partial charge in [0.15, 0.2) is 0 Å². The molecule has 0 radical (unpaired) electrons. The van der Waals surface area contributed by atoms with E-state index in [9.17, 15) is 8.42 Å². The zero-order valence-corrected chi connectivity index (χ0v) is 15.1. The number of pyridine rings is 2. The molecule has 26 heavy (non-hydrogen) atoms. The SMILES string of the molecule is O=S(=O)(c1cccnc1)N1CCN(Cc2cccc3cccnc23)CC1. The number of rotatable bonds is 4. The second-order valence-electron chi connectivity index (χ2n) is 6.36. The molecule has 0 N–H and O–H groups in total. The standard InChI is InChI=1S/C19H20N4O2S/c24-26(25,18-7-3-8-20-14-18)23-12-10-22(11-13-23)15-17-5-1-4-16-6-2-9-21-19(16)17/h1-9,14H,10-13,15H2. The maximum Gasteiger partial charge on any atom is 0.244 e. The Morgan fingerprint density at radius 2 is 1.69 bits per heavy atom. The Hall–Kier alpha value is -2.35. The summed E-state index contributed by atoms with van der Waals surface area (Å²) in [6.07, 6.45) is 4.79. The van der Waals surface area contributed by atoms with Crippen LogP contribution < -0.4 is 0 Å². The van der Waals surface area contributed by atoms with E-state index in [0.717, 1.165) is 17.4 Å². The minimum Gasteiger partial charge on any atom is -0.296 e. The summed E-state index contributed by atoms with van der Waals surface area (Å²) in [5, 5.41) is 1.13. The van der Waals surface area contributed by atoms with Gasteiger partial charge in [0.05, 0.1) is 5.52 Å². The maximum absolute atomic E-state index is 12.7. The van der Waals surface area contributed by atoms with E-state index in [-0.39, 0.29) is 4.90 Å². The van der Waals surface area contributed by atoms with Crippen molar-refractivity contribution in [1.29, 1.82) is 0 Å². The first-order valence-corrected chi connectivity index (χ1v) is 10.0. The van der Waals surface area contributed by atoms with Gasteiger partial charge in [-0.15, -0.1) is 0 Å². The van der Waals surface area contributed by atoms with Crippen LogP contribution in [0.25, 0.3) is 10.9 Å². The molecule has 6 nitrogen and oxygen atoms in total. The molecule has 0 saturated carbocycles. The van der Waals surface area contributed by atoms with Gasteiger partial charge < -0.3 is 0 Å². The molecule has 4 rings (SSSR count). The van der Waals surface area contributed by atoms with Crippen LogP contribution in [-0.2, 0) is 16.6 Å². The number of hydrogen-bond acceptors (Lipinski definition) is 5. The molecule has 0 atom stereocenters. The summed E-state index contributed by atoms with van der Waals surface area (Å²) >= 11 is 0. The van der Waals surface area contributed by atoms with E-state index in [4.69, 9.17) is 0 Å². The Kier molecular flexibility index (Phi) is 4.67. The first kappa shape index (κ1) is 17.1. The summed E-state index contributed by atoms with van der Waals surface area (Å²) in [4.78, 5) is 11.0. The highest BCUT2D eigenvalue weighted by molar-refractivity contribution is 7.89. The summed E-state index contributed by atoms with van der Waals surface area (Å²) in [7, 11) is -3.46. The van der Waals surface area contributed by atoms with Crippen LogP contribution in [0.3, 0.4) is 0 Å². The van der Waals surface area contributed by atoms with Gasteiger partial charge in [0.1, 0.15) is 4.90 Å². The molecular formula is C19H20N4O2S. The zero-order valence-electron chi connectivity index (χ0n) is 14.3. The lowest BCUT2D eigenvalue weighted by molar-refractivity contribution is 0.182. The van der Waals surface area contributed by atoms with Crippen molar-refractivity contribution in [3.8, 4) is 0 Å². The topological polar surface area (TPSA) is 66.4 Å².